The normalized spacial score (nSPS) is 11.9. The lowest BCUT2D eigenvalue weighted by atomic mass is 9.98. The molecule has 7 aromatic rings. The van der Waals surface area contributed by atoms with Crippen molar-refractivity contribution in [3.63, 3.8) is 0 Å². The van der Waals surface area contributed by atoms with Gasteiger partial charge in [-0.05, 0) is 58.8 Å². The predicted octanol–water partition coefficient (Wildman–Crippen LogP) is 9.83. The van der Waals surface area contributed by atoms with Crippen molar-refractivity contribution in [1.82, 2.24) is 9.97 Å². The second-order valence-corrected chi connectivity index (χ2v) is 10.5. The summed E-state index contributed by atoms with van der Waals surface area (Å²) in [4.78, 5) is 11.5. The lowest BCUT2D eigenvalue weighted by Gasteiger charge is -2.11. The van der Waals surface area contributed by atoms with Crippen molar-refractivity contribution in [3.05, 3.63) is 114 Å². The van der Waals surface area contributed by atoms with E-state index in [1.807, 2.05) is 17.5 Å². The highest BCUT2D eigenvalue weighted by atomic mass is 32.1. The molecule has 0 aliphatic heterocycles. The Kier molecular flexibility index (Phi) is 5.12. The van der Waals surface area contributed by atoms with Gasteiger partial charge in [0.05, 0.1) is 22.9 Å². The van der Waals surface area contributed by atoms with Gasteiger partial charge < -0.3 is 0 Å². The number of hydrogen-bond donors (Lipinski definition) is 0. The van der Waals surface area contributed by atoms with Crippen LogP contribution in [-0.4, -0.2) is 9.97 Å². The van der Waals surface area contributed by atoms with Gasteiger partial charge in [-0.2, -0.15) is 0 Å². The summed E-state index contributed by atoms with van der Waals surface area (Å²) in [6.45, 7) is 4.29. The number of hydrogen-bond acceptors (Lipinski definition) is 3. The van der Waals surface area contributed by atoms with Gasteiger partial charge in [0, 0.05) is 25.9 Å². The topological polar surface area (TPSA) is 25.8 Å². The molecule has 2 heterocycles. The van der Waals surface area contributed by atoms with Gasteiger partial charge in [-0.15, -0.1) is 11.3 Å². The highest BCUT2D eigenvalue weighted by molar-refractivity contribution is 7.20. The number of fused-ring (bicyclic) bond motifs is 7. The zero-order chi connectivity index (χ0) is 24.9. The molecule has 0 N–H and O–H groups in total. The van der Waals surface area contributed by atoms with Crippen molar-refractivity contribution in [1.29, 1.82) is 0 Å². The number of benzene rings is 5. The smallest absolute Gasteiger partial charge is 0.0979 e. The van der Waals surface area contributed by atoms with Crippen LogP contribution in [0.25, 0.3) is 71.1 Å². The lowest BCUT2D eigenvalue weighted by Crippen LogP contribution is -1.92. The Bertz CT molecular complexity index is 1980. The molecule has 0 saturated carbocycles. The summed E-state index contributed by atoms with van der Waals surface area (Å²) in [5.74, 6) is 0. The molecule has 2 aromatic heterocycles. The van der Waals surface area contributed by atoms with E-state index in [4.69, 9.17) is 9.97 Å². The van der Waals surface area contributed by atoms with Gasteiger partial charge >= 0.3 is 0 Å². The molecule has 0 aliphatic rings. The Morgan fingerprint density at radius 1 is 0.676 bits per heavy atom. The van der Waals surface area contributed by atoms with E-state index in [0.29, 0.717) is 0 Å². The number of aryl methyl sites for hydroxylation is 1. The molecule has 37 heavy (non-hydrogen) atoms. The fourth-order valence-electron chi connectivity index (χ4n) is 5.41. The quantitative estimate of drug-likeness (QED) is 0.229. The van der Waals surface area contributed by atoms with Crippen molar-refractivity contribution in [2.75, 3.05) is 0 Å². The van der Waals surface area contributed by atoms with E-state index in [1.165, 1.54) is 42.4 Å². The summed E-state index contributed by atoms with van der Waals surface area (Å²) < 4.78 is 1.33. The van der Waals surface area contributed by atoms with Crippen LogP contribution in [0, 0.1) is 6.92 Å². The first-order valence-electron chi connectivity index (χ1n) is 12.5. The third-order valence-electron chi connectivity index (χ3n) is 7.22. The molecule has 0 spiro atoms. The summed E-state index contributed by atoms with van der Waals surface area (Å²) >= 11 is 1.86. The number of thiophene rings is 1. The Labute approximate surface area is 219 Å². The maximum atomic E-state index is 5.19. The fourth-order valence-corrected chi connectivity index (χ4v) is 6.72. The van der Waals surface area contributed by atoms with E-state index in [9.17, 15) is 0 Å². The van der Waals surface area contributed by atoms with Crippen molar-refractivity contribution in [2.45, 2.75) is 13.8 Å². The molecule has 5 aromatic carbocycles. The van der Waals surface area contributed by atoms with E-state index >= 15 is 0 Å². The Morgan fingerprint density at radius 3 is 2.08 bits per heavy atom. The van der Waals surface area contributed by atoms with E-state index < -0.39 is 0 Å². The van der Waals surface area contributed by atoms with Gasteiger partial charge in [-0.1, -0.05) is 91.0 Å². The molecule has 0 aliphatic carbocycles. The van der Waals surface area contributed by atoms with Crippen molar-refractivity contribution >= 4 is 60.1 Å². The van der Waals surface area contributed by atoms with Crippen LogP contribution in [0.15, 0.2) is 103 Å². The average Bonchev–Trinajstić information content (AvgIpc) is 3.28. The van der Waals surface area contributed by atoms with Gasteiger partial charge in [0.2, 0.25) is 0 Å². The number of rotatable bonds is 3. The molecule has 3 heteroatoms. The number of allylic oxidation sites excluding steroid dienone is 1. The molecule has 0 unspecified atom stereocenters. The van der Waals surface area contributed by atoms with E-state index in [0.717, 1.165) is 33.1 Å². The van der Waals surface area contributed by atoms with Crippen LogP contribution in [0.5, 0.6) is 0 Å². The van der Waals surface area contributed by atoms with Crippen LogP contribution >= 0.6 is 11.3 Å². The number of nitrogens with zero attached hydrogens (tertiary/aromatic N) is 2. The van der Waals surface area contributed by atoms with Crippen molar-refractivity contribution in [3.8, 4) is 22.4 Å². The predicted molar refractivity (Wildman–Crippen MR) is 160 cm³/mol. The number of aromatic nitrogens is 2. The Hall–Kier alpha value is -4.34. The summed E-state index contributed by atoms with van der Waals surface area (Å²) in [5, 5.41) is 6.02. The van der Waals surface area contributed by atoms with Crippen LogP contribution in [-0.2, 0) is 0 Å². The highest BCUT2D eigenvalue weighted by Crippen LogP contribution is 2.40. The first-order valence-corrected chi connectivity index (χ1v) is 13.4. The summed E-state index contributed by atoms with van der Waals surface area (Å²) in [7, 11) is 0. The van der Waals surface area contributed by atoms with Gasteiger partial charge in [0.15, 0.2) is 0 Å². The molecule has 0 amide bonds. The molecular formula is C34H24N2S. The largest absolute Gasteiger partial charge is 0.252 e. The van der Waals surface area contributed by atoms with Gasteiger partial charge in [0.1, 0.15) is 0 Å². The maximum absolute atomic E-state index is 5.19. The average molecular weight is 493 g/mol. The third kappa shape index (κ3) is 3.46. The Morgan fingerprint density at radius 2 is 1.32 bits per heavy atom. The van der Waals surface area contributed by atoms with Crippen LogP contribution in [0.3, 0.4) is 0 Å². The Balaban J connectivity index is 1.43. The molecule has 176 valence electrons. The highest BCUT2D eigenvalue weighted by Gasteiger charge is 2.14. The molecule has 0 radical (unpaired) electrons. The molecule has 0 bridgehead atoms. The second-order valence-electron chi connectivity index (χ2n) is 9.40. The van der Waals surface area contributed by atoms with Gasteiger partial charge in [-0.3, -0.25) is 4.98 Å². The second kappa shape index (κ2) is 8.65. The zero-order valence-corrected chi connectivity index (χ0v) is 21.5. The molecule has 2 nitrogen and oxygen atoms in total. The molecular weight excluding hydrogens is 468 g/mol. The van der Waals surface area contributed by atoms with Gasteiger partial charge in [0.25, 0.3) is 0 Å². The first-order chi connectivity index (χ1) is 18.2. The third-order valence-corrected chi connectivity index (χ3v) is 8.52. The van der Waals surface area contributed by atoms with E-state index in [-0.39, 0.29) is 0 Å². The fraction of sp³-hybridized carbons (Fsp3) is 0.0588. The van der Waals surface area contributed by atoms with Gasteiger partial charge in [-0.25, -0.2) is 4.98 Å². The molecule has 0 fully saturated rings. The summed E-state index contributed by atoms with van der Waals surface area (Å²) in [6.07, 6.45) is 6.24. The van der Waals surface area contributed by atoms with Crippen molar-refractivity contribution in [2.24, 2.45) is 0 Å². The van der Waals surface area contributed by atoms with Crippen LogP contribution in [0.2, 0.25) is 0 Å². The monoisotopic (exact) mass is 492 g/mol. The minimum Gasteiger partial charge on any atom is -0.252 e. The molecule has 0 saturated heterocycles. The lowest BCUT2D eigenvalue weighted by molar-refractivity contribution is 1.31. The van der Waals surface area contributed by atoms with Crippen molar-refractivity contribution < 1.29 is 0 Å². The summed E-state index contributed by atoms with van der Waals surface area (Å²) in [6, 6.07) is 32.3. The van der Waals surface area contributed by atoms with E-state index in [1.54, 1.807) is 0 Å². The molecule has 7 rings (SSSR count). The van der Waals surface area contributed by atoms with E-state index in [2.05, 4.69) is 117 Å². The standard InChI is InChI=1S/C34H24N2S/c1-3-10-31-21(2)24-17-9-18-25(34(24)37-31)22-11-8-12-23(19-22)30-20-35-32-28-15-6-4-13-26(28)27-14-5-7-16-29(27)33(32)36-30/h3-20H,1-2H3. The zero-order valence-electron chi connectivity index (χ0n) is 20.7. The minimum atomic E-state index is 0.888. The first kappa shape index (κ1) is 21.9. The maximum Gasteiger partial charge on any atom is 0.0979 e. The molecule has 0 atom stereocenters. The van der Waals surface area contributed by atoms with Crippen LogP contribution in [0.1, 0.15) is 17.4 Å². The van der Waals surface area contributed by atoms with Crippen LogP contribution in [0.4, 0.5) is 0 Å². The minimum absolute atomic E-state index is 0.888. The summed E-state index contributed by atoms with van der Waals surface area (Å²) in [5.41, 5.74) is 7.65. The van der Waals surface area contributed by atoms with Crippen LogP contribution < -0.4 is 0 Å². The SMILES string of the molecule is CC=Cc1sc2c(-c3cccc(-c4cnc5c6ccccc6c6ccccc6c5n4)c3)cccc2c1C.